The summed E-state index contributed by atoms with van der Waals surface area (Å²) in [5, 5.41) is 6.96. The zero-order valence-electron chi connectivity index (χ0n) is 14.1. The van der Waals surface area contributed by atoms with Gasteiger partial charge in [-0.15, -0.1) is 0 Å². The van der Waals surface area contributed by atoms with Crippen molar-refractivity contribution in [3.05, 3.63) is 64.1 Å². The summed E-state index contributed by atoms with van der Waals surface area (Å²) in [4.78, 5) is 24.7. The first-order valence-corrected chi connectivity index (χ1v) is 8.23. The number of carbonyl (C=O) groups excluding carboxylic acids is 1. The van der Waals surface area contributed by atoms with Gasteiger partial charge in [0.25, 0.3) is 5.56 Å². The largest absolute Gasteiger partial charge is 0.492 e. The Hall–Kier alpha value is -3.16. The van der Waals surface area contributed by atoms with Crippen LogP contribution in [0.25, 0.3) is 5.52 Å². The van der Waals surface area contributed by atoms with Crippen LogP contribution in [-0.2, 0) is 24.8 Å². The summed E-state index contributed by atoms with van der Waals surface area (Å²) < 4.78 is 21.9. The molecule has 3 heterocycles. The molecule has 0 aliphatic carbocycles. The first-order chi connectivity index (χ1) is 12.5. The molecule has 0 saturated heterocycles. The van der Waals surface area contributed by atoms with Crippen molar-refractivity contribution in [1.82, 2.24) is 19.5 Å². The Bertz CT molecular complexity index is 1060. The zero-order valence-corrected chi connectivity index (χ0v) is 14.1. The monoisotopic (exact) mass is 356 g/mol. The predicted molar refractivity (Wildman–Crippen MR) is 91.4 cm³/mol. The number of nitrogens with one attached hydrogen (secondary N) is 1. The normalized spacial score (nSPS) is 16.2. The molecule has 0 spiro atoms. The molecule has 26 heavy (non-hydrogen) atoms. The number of rotatable bonds is 3. The lowest BCUT2D eigenvalue weighted by atomic mass is 9.96. The number of halogens is 1. The maximum atomic E-state index is 13.4. The quantitative estimate of drug-likeness (QED) is 0.761. The van der Waals surface area contributed by atoms with Gasteiger partial charge in [-0.2, -0.15) is 5.10 Å². The van der Waals surface area contributed by atoms with Crippen molar-refractivity contribution in [2.45, 2.75) is 13.0 Å². The molecule has 1 atom stereocenters. The number of nitrogens with zero attached hydrogens (tertiary/aromatic N) is 3. The molecule has 4 rings (SSSR count). The zero-order chi connectivity index (χ0) is 18.3. The lowest BCUT2D eigenvalue weighted by Crippen LogP contribution is -2.37. The van der Waals surface area contributed by atoms with Crippen LogP contribution in [-0.4, -0.2) is 26.7 Å². The molecule has 2 aromatic heterocycles. The van der Waals surface area contributed by atoms with Crippen molar-refractivity contribution in [3.8, 4) is 5.75 Å². The van der Waals surface area contributed by atoms with Crippen LogP contribution in [0.15, 0.2) is 41.6 Å². The molecule has 1 aliphatic heterocycles. The molecule has 134 valence electrons. The van der Waals surface area contributed by atoms with E-state index < -0.39 is 5.92 Å². The standard InChI is InChI=1S/C18H17FN4O3/c1-22-4-5-23-16(18(22)25)13(9-21-23)8-20-17(24)12-6-11-7-14(19)2-3-15(11)26-10-12/h2-5,7,9,12H,6,8,10H2,1H3,(H,20,24). The molecule has 1 aliphatic rings. The van der Waals surface area contributed by atoms with Gasteiger partial charge < -0.3 is 14.6 Å². The minimum absolute atomic E-state index is 0.181. The number of hydrogen-bond donors (Lipinski definition) is 1. The van der Waals surface area contributed by atoms with Crippen LogP contribution in [0.2, 0.25) is 0 Å². The topological polar surface area (TPSA) is 77.6 Å². The van der Waals surface area contributed by atoms with E-state index in [0.29, 0.717) is 28.8 Å². The van der Waals surface area contributed by atoms with Crippen LogP contribution < -0.4 is 15.6 Å². The molecule has 1 N–H and O–H groups in total. The van der Waals surface area contributed by atoms with Gasteiger partial charge in [0.2, 0.25) is 5.91 Å². The smallest absolute Gasteiger partial charge is 0.276 e. The number of amides is 1. The Balaban J connectivity index is 1.48. The second-order valence-corrected chi connectivity index (χ2v) is 6.36. The first-order valence-electron chi connectivity index (χ1n) is 8.23. The minimum atomic E-state index is -0.408. The predicted octanol–water partition coefficient (Wildman–Crippen LogP) is 1.04. The number of carbonyl (C=O) groups is 1. The lowest BCUT2D eigenvalue weighted by Gasteiger charge is -2.24. The average Bonchev–Trinajstić information content (AvgIpc) is 3.06. The number of aromatic nitrogens is 3. The van der Waals surface area contributed by atoms with E-state index in [1.165, 1.54) is 21.2 Å². The van der Waals surface area contributed by atoms with Crippen LogP contribution in [0.3, 0.4) is 0 Å². The molecule has 3 aromatic rings. The summed E-state index contributed by atoms with van der Waals surface area (Å²) in [6.45, 7) is 0.426. The number of hydrogen-bond acceptors (Lipinski definition) is 4. The third kappa shape index (κ3) is 2.83. The van der Waals surface area contributed by atoms with Gasteiger partial charge in [0, 0.05) is 31.5 Å². The molecule has 8 heteroatoms. The van der Waals surface area contributed by atoms with Crippen molar-refractivity contribution in [1.29, 1.82) is 0 Å². The van der Waals surface area contributed by atoms with Crippen LogP contribution in [0, 0.1) is 11.7 Å². The van der Waals surface area contributed by atoms with Crippen molar-refractivity contribution >= 4 is 11.4 Å². The number of aryl methyl sites for hydroxylation is 1. The van der Waals surface area contributed by atoms with Gasteiger partial charge in [0.05, 0.1) is 12.1 Å². The number of fused-ring (bicyclic) bond motifs is 2. The summed E-state index contributed by atoms with van der Waals surface area (Å²) in [7, 11) is 1.66. The van der Waals surface area contributed by atoms with Crippen LogP contribution in [0.4, 0.5) is 4.39 Å². The van der Waals surface area contributed by atoms with E-state index in [1.54, 1.807) is 31.7 Å². The van der Waals surface area contributed by atoms with Crippen molar-refractivity contribution in [2.75, 3.05) is 6.61 Å². The molecule has 0 bridgehead atoms. The minimum Gasteiger partial charge on any atom is -0.492 e. The highest BCUT2D eigenvalue weighted by molar-refractivity contribution is 5.79. The van der Waals surface area contributed by atoms with E-state index in [1.807, 2.05) is 0 Å². The van der Waals surface area contributed by atoms with Crippen molar-refractivity contribution in [2.24, 2.45) is 13.0 Å². The Morgan fingerprint density at radius 2 is 2.27 bits per heavy atom. The highest BCUT2D eigenvalue weighted by Gasteiger charge is 2.26. The third-order valence-electron chi connectivity index (χ3n) is 4.58. The van der Waals surface area contributed by atoms with Gasteiger partial charge in [-0.05, 0) is 30.2 Å². The van der Waals surface area contributed by atoms with Crippen LogP contribution in [0.1, 0.15) is 11.1 Å². The van der Waals surface area contributed by atoms with Gasteiger partial charge in [-0.3, -0.25) is 9.59 Å². The maximum absolute atomic E-state index is 13.4. The summed E-state index contributed by atoms with van der Waals surface area (Å²) in [5.74, 6) is -0.349. The second-order valence-electron chi connectivity index (χ2n) is 6.36. The van der Waals surface area contributed by atoms with E-state index in [-0.39, 0.29) is 30.4 Å². The van der Waals surface area contributed by atoms with Gasteiger partial charge in [-0.1, -0.05) is 0 Å². The molecule has 1 aromatic carbocycles. The van der Waals surface area contributed by atoms with Gasteiger partial charge in [0.15, 0.2) is 0 Å². The number of benzene rings is 1. The fourth-order valence-electron chi connectivity index (χ4n) is 3.13. The van der Waals surface area contributed by atoms with Gasteiger partial charge in [-0.25, -0.2) is 8.91 Å². The summed E-state index contributed by atoms with van der Waals surface area (Å²) in [6.07, 6.45) is 5.29. The maximum Gasteiger partial charge on any atom is 0.276 e. The Morgan fingerprint density at radius 3 is 3.12 bits per heavy atom. The van der Waals surface area contributed by atoms with Gasteiger partial charge >= 0.3 is 0 Å². The SMILES string of the molecule is Cn1ccn2ncc(CNC(=O)C3COc4ccc(F)cc4C3)c2c1=O. The van der Waals surface area contributed by atoms with E-state index in [9.17, 15) is 14.0 Å². The highest BCUT2D eigenvalue weighted by atomic mass is 19.1. The molecule has 7 nitrogen and oxygen atoms in total. The van der Waals surface area contributed by atoms with E-state index in [2.05, 4.69) is 10.4 Å². The first kappa shape index (κ1) is 16.3. The molecule has 0 saturated carbocycles. The van der Waals surface area contributed by atoms with Gasteiger partial charge in [0.1, 0.15) is 23.7 Å². The van der Waals surface area contributed by atoms with Crippen LogP contribution in [0.5, 0.6) is 5.75 Å². The highest BCUT2D eigenvalue weighted by Crippen LogP contribution is 2.28. The summed E-state index contributed by atoms with van der Waals surface area (Å²) in [6, 6.07) is 4.31. The Morgan fingerprint density at radius 1 is 1.42 bits per heavy atom. The second kappa shape index (κ2) is 6.29. The average molecular weight is 356 g/mol. The van der Waals surface area contributed by atoms with E-state index in [0.717, 1.165) is 0 Å². The molecule has 0 radical (unpaired) electrons. The van der Waals surface area contributed by atoms with E-state index >= 15 is 0 Å². The molecular weight excluding hydrogens is 339 g/mol. The molecule has 1 amide bonds. The fourth-order valence-corrected chi connectivity index (χ4v) is 3.13. The van der Waals surface area contributed by atoms with Crippen molar-refractivity contribution < 1.29 is 13.9 Å². The lowest BCUT2D eigenvalue weighted by molar-refractivity contribution is -0.126. The molecular formula is C18H17FN4O3. The van der Waals surface area contributed by atoms with E-state index in [4.69, 9.17) is 4.74 Å². The molecule has 0 fully saturated rings. The third-order valence-corrected chi connectivity index (χ3v) is 4.58. The Labute approximate surface area is 148 Å². The number of ether oxygens (including phenoxy) is 1. The molecule has 1 unspecified atom stereocenters. The summed E-state index contributed by atoms with van der Waals surface area (Å²) in [5.41, 5.74) is 1.58. The fraction of sp³-hybridized carbons (Fsp3) is 0.278. The van der Waals surface area contributed by atoms with Crippen LogP contribution >= 0.6 is 0 Å². The summed E-state index contributed by atoms with van der Waals surface area (Å²) >= 11 is 0. The Kier molecular flexibility index (Phi) is 3.95. The van der Waals surface area contributed by atoms with Crippen molar-refractivity contribution in [3.63, 3.8) is 0 Å².